The second kappa shape index (κ2) is 6.89. The number of carbonyl (C=O) groups excluding carboxylic acids is 2. The maximum Gasteiger partial charge on any atom is 0.253 e. The average molecular weight is 367 g/mol. The van der Waals surface area contributed by atoms with Crippen molar-refractivity contribution in [2.24, 2.45) is 0 Å². The molecule has 5 heteroatoms. The Bertz CT molecular complexity index is 877. The third-order valence-corrected chi connectivity index (χ3v) is 5.74. The van der Waals surface area contributed by atoms with Gasteiger partial charge in [0.2, 0.25) is 0 Å². The Morgan fingerprint density at radius 1 is 1.00 bits per heavy atom. The van der Waals surface area contributed by atoms with Gasteiger partial charge in [-0.1, -0.05) is 12.1 Å². The highest BCUT2D eigenvalue weighted by Crippen LogP contribution is 2.37. The second-order valence-electron chi connectivity index (χ2n) is 7.40. The molecule has 2 fully saturated rings. The zero-order valence-electron chi connectivity index (χ0n) is 15.3. The van der Waals surface area contributed by atoms with Crippen molar-refractivity contribution < 1.29 is 18.7 Å². The van der Waals surface area contributed by atoms with Crippen molar-refractivity contribution in [1.29, 1.82) is 0 Å². The Kier molecular flexibility index (Phi) is 4.56. The predicted molar refractivity (Wildman–Crippen MR) is 100 cm³/mol. The first-order chi connectivity index (χ1) is 13.0. The summed E-state index contributed by atoms with van der Waals surface area (Å²) in [6, 6.07) is 11.2. The number of piperidine rings is 1. The number of nitrogens with zero attached hydrogens (tertiary/aromatic N) is 1. The maximum absolute atomic E-state index is 14.2. The summed E-state index contributed by atoms with van der Waals surface area (Å²) in [6.45, 7) is 3.69. The molecule has 0 saturated carbocycles. The first-order valence-corrected chi connectivity index (χ1v) is 9.32. The highest BCUT2D eigenvalue weighted by molar-refractivity contribution is 5.96. The summed E-state index contributed by atoms with van der Waals surface area (Å²) in [4.78, 5) is 26.2. The van der Waals surface area contributed by atoms with Gasteiger partial charge in [0, 0.05) is 29.8 Å². The van der Waals surface area contributed by atoms with E-state index in [1.165, 1.54) is 19.1 Å². The van der Waals surface area contributed by atoms with Gasteiger partial charge in [0.1, 0.15) is 5.82 Å². The number of rotatable bonds is 3. The Morgan fingerprint density at radius 2 is 1.63 bits per heavy atom. The first kappa shape index (κ1) is 17.9. The van der Waals surface area contributed by atoms with E-state index in [0.717, 1.165) is 25.9 Å². The summed E-state index contributed by atoms with van der Waals surface area (Å²) in [5, 5.41) is 0. The molecule has 2 heterocycles. The summed E-state index contributed by atoms with van der Waals surface area (Å²) in [6.07, 6.45) is 2.87. The summed E-state index contributed by atoms with van der Waals surface area (Å²) in [7, 11) is 0. The Morgan fingerprint density at radius 3 is 2.19 bits per heavy atom. The number of benzene rings is 2. The third-order valence-electron chi connectivity index (χ3n) is 5.74. The zero-order chi connectivity index (χ0) is 19.0. The number of Topliss-reactive ketones (excluding diaryl/α,β-unsaturated/α-hetero) is 1. The molecule has 0 radical (unpaired) electrons. The molecule has 2 saturated heterocycles. The van der Waals surface area contributed by atoms with Crippen LogP contribution in [0.1, 0.15) is 46.9 Å². The van der Waals surface area contributed by atoms with E-state index in [9.17, 15) is 14.0 Å². The lowest BCUT2D eigenvalue weighted by atomic mass is 9.84. The number of ketones is 1. The molecule has 27 heavy (non-hydrogen) atoms. The largest absolute Gasteiger partial charge is 0.375 e. The molecule has 4 nitrogen and oxygen atoms in total. The number of carbonyl (C=O) groups is 2. The molecule has 0 N–H and O–H groups in total. The molecule has 0 unspecified atom stereocenters. The number of halogens is 1. The summed E-state index contributed by atoms with van der Waals surface area (Å²) in [5.74, 6) is -0.504. The smallest absolute Gasteiger partial charge is 0.253 e. The molecule has 0 atom stereocenters. The van der Waals surface area contributed by atoms with Crippen LogP contribution in [-0.4, -0.2) is 41.9 Å². The van der Waals surface area contributed by atoms with Crippen molar-refractivity contribution in [3.05, 3.63) is 59.4 Å². The van der Waals surface area contributed by atoms with E-state index >= 15 is 0 Å². The summed E-state index contributed by atoms with van der Waals surface area (Å²) < 4.78 is 19.9. The molecule has 2 aromatic rings. The van der Waals surface area contributed by atoms with Gasteiger partial charge >= 0.3 is 0 Å². The van der Waals surface area contributed by atoms with E-state index in [1.807, 2.05) is 4.90 Å². The fourth-order valence-electron chi connectivity index (χ4n) is 3.84. The molecule has 1 amide bonds. The third kappa shape index (κ3) is 3.39. The van der Waals surface area contributed by atoms with Crippen molar-refractivity contribution >= 4 is 11.7 Å². The first-order valence-electron chi connectivity index (χ1n) is 9.32. The molecular formula is C22H22FNO3. The van der Waals surface area contributed by atoms with E-state index in [1.54, 1.807) is 30.3 Å². The molecule has 0 aromatic heterocycles. The van der Waals surface area contributed by atoms with Crippen LogP contribution in [0, 0.1) is 5.82 Å². The lowest BCUT2D eigenvalue weighted by Crippen LogP contribution is -2.53. The normalized spacial score (nSPS) is 18.2. The van der Waals surface area contributed by atoms with Crippen LogP contribution in [0.2, 0.25) is 0 Å². The van der Waals surface area contributed by atoms with E-state index < -0.39 is 0 Å². The van der Waals surface area contributed by atoms with Crippen LogP contribution < -0.4 is 0 Å². The minimum Gasteiger partial charge on any atom is -0.375 e. The van der Waals surface area contributed by atoms with E-state index in [2.05, 4.69) is 0 Å². The van der Waals surface area contributed by atoms with Crippen LogP contribution in [0.25, 0.3) is 11.1 Å². The quantitative estimate of drug-likeness (QED) is 0.768. The van der Waals surface area contributed by atoms with Gasteiger partial charge in [-0.25, -0.2) is 4.39 Å². The molecule has 2 aliphatic rings. The topological polar surface area (TPSA) is 46.6 Å². The SMILES string of the molecule is CC(=O)c1ccc(F)c(-c2ccc(C(=O)N3CCC4(CCO4)CC3)cc2)c1. The number of amides is 1. The van der Waals surface area contributed by atoms with E-state index in [-0.39, 0.29) is 23.1 Å². The highest BCUT2D eigenvalue weighted by Gasteiger charge is 2.41. The summed E-state index contributed by atoms with van der Waals surface area (Å²) >= 11 is 0. The molecule has 0 bridgehead atoms. The minimum atomic E-state index is -0.388. The van der Waals surface area contributed by atoms with Crippen LogP contribution in [0.3, 0.4) is 0 Å². The van der Waals surface area contributed by atoms with Gasteiger partial charge in [-0.2, -0.15) is 0 Å². The number of hydrogen-bond donors (Lipinski definition) is 0. The van der Waals surface area contributed by atoms with Crippen LogP contribution in [0.15, 0.2) is 42.5 Å². The number of hydrogen-bond acceptors (Lipinski definition) is 3. The van der Waals surface area contributed by atoms with Crippen molar-refractivity contribution in [2.75, 3.05) is 19.7 Å². The minimum absolute atomic E-state index is 0.00585. The molecule has 2 aliphatic heterocycles. The maximum atomic E-state index is 14.2. The molecule has 4 rings (SSSR count). The van der Waals surface area contributed by atoms with Crippen LogP contribution in [-0.2, 0) is 4.74 Å². The van der Waals surface area contributed by atoms with Crippen molar-refractivity contribution in [3.63, 3.8) is 0 Å². The molecule has 0 aliphatic carbocycles. The van der Waals surface area contributed by atoms with Gasteiger partial charge in [0.15, 0.2) is 5.78 Å². The van der Waals surface area contributed by atoms with Crippen LogP contribution in [0.4, 0.5) is 4.39 Å². The zero-order valence-corrected chi connectivity index (χ0v) is 15.3. The average Bonchev–Trinajstić information content (AvgIpc) is 2.66. The van der Waals surface area contributed by atoms with Gasteiger partial charge in [0.05, 0.1) is 12.2 Å². The fraction of sp³-hybridized carbons (Fsp3) is 0.364. The number of likely N-dealkylation sites (tertiary alicyclic amines) is 1. The van der Waals surface area contributed by atoms with Gasteiger partial charge in [0.25, 0.3) is 5.91 Å². The van der Waals surface area contributed by atoms with Crippen LogP contribution in [0.5, 0.6) is 0 Å². The highest BCUT2D eigenvalue weighted by atomic mass is 19.1. The van der Waals surface area contributed by atoms with Crippen molar-refractivity contribution in [2.45, 2.75) is 31.8 Å². The lowest BCUT2D eigenvalue weighted by Gasteiger charge is -2.47. The predicted octanol–water partition coefficient (Wildman–Crippen LogP) is 4.09. The Balaban J connectivity index is 1.50. The molecule has 2 aromatic carbocycles. The summed E-state index contributed by atoms with van der Waals surface area (Å²) in [5.41, 5.74) is 2.08. The van der Waals surface area contributed by atoms with Gasteiger partial charge in [-0.3, -0.25) is 9.59 Å². The van der Waals surface area contributed by atoms with Crippen molar-refractivity contribution in [3.8, 4) is 11.1 Å². The molecular weight excluding hydrogens is 345 g/mol. The van der Waals surface area contributed by atoms with Gasteiger partial charge < -0.3 is 9.64 Å². The Hall–Kier alpha value is -2.53. The number of ether oxygens (including phenoxy) is 1. The van der Waals surface area contributed by atoms with E-state index in [0.29, 0.717) is 35.3 Å². The monoisotopic (exact) mass is 367 g/mol. The van der Waals surface area contributed by atoms with Crippen LogP contribution >= 0.6 is 0 Å². The molecule has 1 spiro atoms. The second-order valence-corrected chi connectivity index (χ2v) is 7.40. The van der Waals surface area contributed by atoms with E-state index in [4.69, 9.17) is 4.74 Å². The Labute approximate surface area is 157 Å². The van der Waals surface area contributed by atoms with Gasteiger partial charge in [-0.05, 0) is 62.1 Å². The fourth-order valence-corrected chi connectivity index (χ4v) is 3.84. The molecule has 140 valence electrons. The van der Waals surface area contributed by atoms with Gasteiger partial charge in [-0.15, -0.1) is 0 Å². The standard InChI is InChI=1S/C22H22FNO3/c1-15(25)18-6-7-20(23)19(14-18)16-2-4-17(5-3-16)21(26)24-11-8-22(9-12-24)10-13-27-22/h2-7,14H,8-13H2,1H3. The lowest BCUT2D eigenvalue weighted by molar-refractivity contribution is -0.169. The van der Waals surface area contributed by atoms with Crippen molar-refractivity contribution in [1.82, 2.24) is 4.90 Å².